The fourth-order valence-electron chi connectivity index (χ4n) is 3.51. The van der Waals surface area contributed by atoms with E-state index in [2.05, 4.69) is 16.2 Å². The third-order valence-electron chi connectivity index (χ3n) is 4.87. The Morgan fingerprint density at radius 1 is 1.37 bits per heavy atom. The summed E-state index contributed by atoms with van der Waals surface area (Å²) < 4.78 is 27.4. The van der Waals surface area contributed by atoms with Gasteiger partial charge in [0.2, 0.25) is 10.0 Å². The van der Waals surface area contributed by atoms with Gasteiger partial charge in [-0.15, -0.1) is 0 Å². The van der Waals surface area contributed by atoms with Crippen LogP contribution in [0.3, 0.4) is 0 Å². The van der Waals surface area contributed by atoms with Gasteiger partial charge in [-0.05, 0) is 50.8 Å². The standard InChI is InChI=1S/C19H28N4O3S/c1-5-8-23-14(2)11-16(15(23)3)12-17(13-20)19(24)22-9-6-18(7-10-22)21-27(4,25)26/h11-12,18,21H,5-10H2,1-4H3/b17-12-. The molecule has 7 nitrogen and oxygen atoms in total. The molecule has 1 fully saturated rings. The molecule has 27 heavy (non-hydrogen) atoms. The smallest absolute Gasteiger partial charge is 0.264 e. The summed E-state index contributed by atoms with van der Waals surface area (Å²) in [5.41, 5.74) is 3.16. The molecule has 0 bridgehead atoms. The second-order valence-electron chi connectivity index (χ2n) is 7.10. The highest BCUT2D eigenvalue weighted by Gasteiger charge is 2.26. The number of piperidine rings is 1. The molecular formula is C19H28N4O3S. The molecule has 0 aromatic carbocycles. The van der Waals surface area contributed by atoms with E-state index in [1.165, 1.54) is 0 Å². The van der Waals surface area contributed by atoms with E-state index in [0.29, 0.717) is 25.9 Å². The number of hydrogen-bond acceptors (Lipinski definition) is 4. The Morgan fingerprint density at radius 3 is 2.52 bits per heavy atom. The maximum atomic E-state index is 12.7. The van der Waals surface area contributed by atoms with E-state index < -0.39 is 10.0 Å². The average molecular weight is 393 g/mol. The largest absolute Gasteiger partial charge is 0.349 e. The minimum atomic E-state index is -3.25. The number of aryl methyl sites for hydroxylation is 1. The van der Waals surface area contributed by atoms with Crippen molar-refractivity contribution in [3.8, 4) is 6.07 Å². The van der Waals surface area contributed by atoms with Gasteiger partial charge < -0.3 is 9.47 Å². The molecule has 8 heteroatoms. The molecule has 0 aliphatic carbocycles. The first-order chi connectivity index (χ1) is 12.7. The van der Waals surface area contributed by atoms with Crippen LogP contribution in [0.2, 0.25) is 0 Å². The number of nitrogens with one attached hydrogen (secondary N) is 1. The number of amides is 1. The SMILES string of the molecule is CCCn1c(C)cc(/C=C(/C#N)C(=O)N2CCC(NS(C)(=O)=O)CC2)c1C. The molecule has 0 radical (unpaired) electrons. The van der Waals surface area contributed by atoms with Crippen molar-refractivity contribution in [1.29, 1.82) is 5.26 Å². The van der Waals surface area contributed by atoms with E-state index in [1.807, 2.05) is 26.0 Å². The zero-order valence-corrected chi connectivity index (χ0v) is 17.3. The summed E-state index contributed by atoms with van der Waals surface area (Å²) in [6.45, 7) is 7.90. The minimum absolute atomic E-state index is 0.112. The minimum Gasteiger partial charge on any atom is -0.349 e. The van der Waals surface area contributed by atoms with Crippen LogP contribution in [0.25, 0.3) is 6.08 Å². The Kier molecular flexibility index (Phi) is 6.84. The normalized spacial score (nSPS) is 16.4. The van der Waals surface area contributed by atoms with Gasteiger partial charge in [0.1, 0.15) is 11.6 Å². The Labute approximate surface area is 161 Å². The molecule has 1 N–H and O–H groups in total. The number of aromatic nitrogens is 1. The van der Waals surface area contributed by atoms with Crippen LogP contribution in [0.5, 0.6) is 0 Å². The van der Waals surface area contributed by atoms with Crippen LogP contribution in [0.1, 0.15) is 43.1 Å². The summed E-state index contributed by atoms with van der Waals surface area (Å²) in [4.78, 5) is 14.4. The zero-order chi connectivity index (χ0) is 20.2. The number of carbonyl (C=O) groups is 1. The van der Waals surface area contributed by atoms with E-state index in [4.69, 9.17) is 0 Å². The first kappa shape index (κ1) is 21.2. The van der Waals surface area contributed by atoms with Gasteiger partial charge in [0.15, 0.2) is 0 Å². The average Bonchev–Trinajstić information content (AvgIpc) is 2.86. The van der Waals surface area contributed by atoms with Crippen LogP contribution in [0.15, 0.2) is 11.6 Å². The van der Waals surface area contributed by atoms with E-state index in [9.17, 15) is 18.5 Å². The lowest BCUT2D eigenvalue weighted by molar-refractivity contribution is -0.127. The van der Waals surface area contributed by atoms with Gasteiger partial charge in [0.05, 0.1) is 6.26 Å². The molecule has 1 aromatic rings. The summed E-state index contributed by atoms with van der Waals surface area (Å²) in [6, 6.07) is 3.87. The van der Waals surface area contributed by atoms with Crippen molar-refractivity contribution in [2.75, 3.05) is 19.3 Å². The van der Waals surface area contributed by atoms with Crippen LogP contribution in [-0.2, 0) is 21.4 Å². The number of carbonyl (C=O) groups excluding carboxylic acids is 1. The van der Waals surface area contributed by atoms with E-state index in [0.717, 1.165) is 36.2 Å². The Balaban J connectivity index is 2.12. The van der Waals surface area contributed by atoms with Crippen molar-refractivity contribution in [3.63, 3.8) is 0 Å². The van der Waals surface area contributed by atoms with Gasteiger partial charge in [-0.1, -0.05) is 6.92 Å². The molecule has 0 unspecified atom stereocenters. The highest BCUT2D eigenvalue weighted by molar-refractivity contribution is 7.88. The molecule has 0 saturated carbocycles. The molecule has 0 spiro atoms. The lowest BCUT2D eigenvalue weighted by atomic mass is 10.0. The number of likely N-dealkylation sites (tertiary alicyclic amines) is 1. The second-order valence-corrected chi connectivity index (χ2v) is 8.88. The molecule has 1 aliphatic rings. The van der Waals surface area contributed by atoms with Crippen molar-refractivity contribution in [2.45, 2.75) is 52.6 Å². The molecule has 1 saturated heterocycles. The molecule has 1 aliphatic heterocycles. The molecule has 148 valence electrons. The number of nitrogens with zero attached hydrogens (tertiary/aromatic N) is 3. The highest BCUT2D eigenvalue weighted by Crippen LogP contribution is 2.20. The molecular weight excluding hydrogens is 364 g/mol. The Hall–Kier alpha value is -2.11. The number of hydrogen-bond donors (Lipinski definition) is 1. The van der Waals surface area contributed by atoms with Gasteiger partial charge in [-0.25, -0.2) is 13.1 Å². The molecule has 1 aromatic heterocycles. The highest BCUT2D eigenvalue weighted by atomic mass is 32.2. The van der Waals surface area contributed by atoms with Gasteiger partial charge in [0, 0.05) is 37.1 Å². The maximum Gasteiger partial charge on any atom is 0.264 e. The van der Waals surface area contributed by atoms with E-state index >= 15 is 0 Å². The number of nitriles is 1. The van der Waals surface area contributed by atoms with Crippen LogP contribution >= 0.6 is 0 Å². The van der Waals surface area contributed by atoms with Crippen molar-refractivity contribution < 1.29 is 13.2 Å². The van der Waals surface area contributed by atoms with E-state index in [-0.39, 0.29) is 17.5 Å². The van der Waals surface area contributed by atoms with Crippen molar-refractivity contribution in [2.24, 2.45) is 0 Å². The van der Waals surface area contributed by atoms with Crippen LogP contribution in [-0.4, -0.2) is 49.2 Å². The Bertz CT molecular complexity index is 870. The quantitative estimate of drug-likeness (QED) is 0.591. The zero-order valence-electron chi connectivity index (χ0n) is 16.4. The summed E-state index contributed by atoms with van der Waals surface area (Å²) in [5.74, 6) is -0.296. The molecule has 2 heterocycles. The Morgan fingerprint density at radius 2 is 2.00 bits per heavy atom. The number of sulfonamides is 1. The lowest BCUT2D eigenvalue weighted by Gasteiger charge is -2.31. The van der Waals surface area contributed by atoms with Crippen molar-refractivity contribution >= 4 is 22.0 Å². The van der Waals surface area contributed by atoms with Crippen LogP contribution in [0.4, 0.5) is 0 Å². The monoisotopic (exact) mass is 392 g/mol. The third-order valence-corrected chi connectivity index (χ3v) is 5.64. The first-order valence-corrected chi connectivity index (χ1v) is 11.1. The maximum absolute atomic E-state index is 12.7. The van der Waals surface area contributed by atoms with Gasteiger partial charge in [0.25, 0.3) is 5.91 Å². The third kappa shape index (κ3) is 5.44. The van der Waals surface area contributed by atoms with Crippen molar-refractivity contribution in [3.05, 3.63) is 28.6 Å². The fraction of sp³-hybridized carbons (Fsp3) is 0.579. The molecule has 0 atom stereocenters. The topological polar surface area (TPSA) is 95.2 Å². The predicted molar refractivity (Wildman–Crippen MR) is 105 cm³/mol. The molecule has 2 rings (SSSR count). The summed E-state index contributed by atoms with van der Waals surface area (Å²) in [6.07, 6.45) is 4.90. The molecule has 1 amide bonds. The van der Waals surface area contributed by atoms with Gasteiger partial charge in [-0.2, -0.15) is 5.26 Å². The van der Waals surface area contributed by atoms with Crippen molar-refractivity contribution in [1.82, 2.24) is 14.2 Å². The van der Waals surface area contributed by atoms with Crippen LogP contribution < -0.4 is 4.72 Å². The summed E-state index contributed by atoms with van der Waals surface area (Å²) >= 11 is 0. The van der Waals surface area contributed by atoms with E-state index in [1.54, 1.807) is 11.0 Å². The number of rotatable bonds is 6. The summed E-state index contributed by atoms with van der Waals surface area (Å²) in [5, 5.41) is 9.50. The first-order valence-electron chi connectivity index (χ1n) is 9.21. The fourth-order valence-corrected chi connectivity index (χ4v) is 4.35. The predicted octanol–water partition coefficient (Wildman–Crippen LogP) is 1.96. The van der Waals surface area contributed by atoms with Gasteiger partial charge >= 0.3 is 0 Å². The summed E-state index contributed by atoms with van der Waals surface area (Å²) in [7, 11) is -3.25. The second kappa shape index (κ2) is 8.72. The van der Waals surface area contributed by atoms with Gasteiger partial charge in [-0.3, -0.25) is 4.79 Å². The van der Waals surface area contributed by atoms with Crippen LogP contribution in [0, 0.1) is 25.2 Å². The lowest BCUT2D eigenvalue weighted by Crippen LogP contribution is -2.46.